The fraction of sp³-hybridized carbons (Fsp3) is 0.923. The van der Waals surface area contributed by atoms with Gasteiger partial charge >= 0.3 is 6.16 Å². The lowest BCUT2D eigenvalue weighted by Crippen LogP contribution is -2.26. The molecule has 0 heterocycles. The molecule has 0 amide bonds. The smallest absolute Gasteiger partial charge is 0.429 e. The molecule has 2 atom stereocenters. The number of methoxy groups -OCH3 is 2. The van der Waals surface area contributed by atoms with Gasteiger partial charge in [-0.1, -0.05) is 0 Å². The fourth-order valence-electron chi connectivity index (χ4n) is 1.21. The van der Waals surface area contributed by atoms with Crippen LogP contribution in [-0.2, 0) is 28.4 Å². The van der Waals surface area contributed by atoms with Gasteiger partial charge in [-0.2, -0.15) is 0 Å². The summed E-state index contributed by atoms with van der Waals surface area (Å²) in [7, 11) is 3.19. The Labute approximate surface area is 120 Å². The van der Waals surface area contributed by atoms with Crippen molar-refractivity contribution < 1.29 is 33.2 Å². The molecule has 0 aliphatic carbocycles. The zero-order valence-electron chi connectivity index (χ0n) is 12.8. The standard InChI is InChI=1S/C13H26O7/c1-11(9-17-7-5-15-3)19-13(14)20-12(2)10-18-8-6-16-4/h11-12H,5-10H2,1-4H3. The van der Waals surface area contributed by atoms with Crippen molar-refractivity contribution in [1.29, 1.82) is 0 Å². The van der Waals surface area contributed by atoms with E-state index in [0.29, 0.717) is 39.6 Å². The molecule has 0 bridgehead atoms. The molecule has 0 aromatic rings. The van der Waals surface area contributed by atoms with E-state index < -0.39 is 6.16 Å². The summed E-state index contributed by atoms with van der Waals surface area (Å²) in [5, 5.41) is 0. The molecular weight excluding hydrogens is 268 g/mol. The van der Waals surface area contributed by atoms with Crippen molar-refractivity contribution in [3.63, 3.8) is 0 Å². The number of ether oxygens (including phenoxy) is 6. The van der Waals surface area contributed by atoms with Crippen molar-refractivity contribution in [2.24, 2.45) is 0 Å². The van der Waals surface area contributed by atoms with Gasteiger partial charge in [0, 0.05) is 14.2 Å². The molecule has 0 radical (unpaired) electrons. The Kier molecular flexibility index (Phi) is 12.5. The Bertz CT molecular complexity index is 213. The zero-order valence-corrected chi connectivity index (χ0v) is 12.8. The van der Waals surface area contributed by atoms with Gasteiger partial charge in [0.25, 0.3) is 0 Å². The summed E-state index contributed by atoms with van der Waals surface area (Å²) in [6.45, 7) is 6.00. The predicted octanol–water partition coefficient (Wildman–Crippen LogP) is 1.24. The van der Waals surface area contributed by atoms with Gasteiger partial charge in [-0.25, -0.2) is 4.79 Å². The third kappa shape index (κ3) is 12.2. The summed E-state index contributed by atoms with van der Waals surface area (Å²) in [6, 6.07) is 0. The minimum atomic E-state index is -0.726. The van der Waals surface area contributed by atoms with Crippen LogP contribution < -0.4 is 0 Å². The molecule has 0 aromatic heterocycles. The topological polar surface area (TPSA) is 72.5 Å². The first-order valence-corrected chi connectivity index (χ1v) is 6.60. The highest BCUT2D eigenvalue weighted by Crippen LogP contribution is 2.00. The van der Waals surface area contributed by atoms with Gasteiger partial charge in [0.1, 0.15) is 12.2 Å². The lowest BCUT2D eigenvalue weighted by Gasteiger charge is -2.16. The average molecular weight is 294 g/mol. The molecular formula is C13H26O7. The van der Waals surface area contributed by atoms with Crippen LogP contribution in [0.15, 0.2) is 0 Å². The van der Waals surface area contributed by atoms with Crippen LogP contribution >= 0.6 is 0 Å². The molecule has 0 N–H and O–H groups in total. The Morgan fingerprint density at radius 3 is 1.55 bits per heavy atom. The van der Waals surface area contributed by atoms with E-state index in [-0.39, 0.29) is 12.2 Å². The van der Waals surface area contributed by atoms with Crippen LogP contribution in [0.25, 0.3) is 0 Å². The Balaban J connectivity index is 3.59. The van der Waals surface area contributed by atoms with Crippen LogP contribution in [0.2, 0.25) is 0 Å². The van der Waals surface area contributed by atoms with Crippen molar-refractivity contribution in [2.45, 2.75) is 26.1 Å². The quantitative estimate of drug-likeness (QED) is 0.396. The monoisotopic (exact) mass is 294 g/mol. The molecule has 0 aromatic carbocycles. The normalized spacial score (nSPS) is 13.8. The maximum absolute atomic E-state index is 11.4. The summed E-state index contributed by atoms with van der Waals surface area (Å²) in [5.74, 6) is 0. The molecule has 7 heteroatoms. The van der Waals surface area contributed by atoms with Crippen molar-refractivity contribution in [3.8, 4) is 0 Å². The van der Waals surface area contributed by atoms with Gasteiger partial charge in [-0.15, -0.1) is 0 Å². The van der Waals surface area contributed by atoms with Gasteiger partial charge < -0.3 is 28.4 Å². The van der Waals surface area contributed by atoms with E-state index in [4.69, 9.17) is 28.4 Å². The lowest BCUT2D eigenvalue weighted by molar-refractivity contribution is -0.0457. The number of rotatable bonds is 12. The van der Waals surface area contributed by atoms with E-state index >= 15 is 0 Å². The molecule has 0 aliphatic rings. The summed E-state index contributed by atoms with van der Waals surface area (Å²) in [5.41, 5.74) is 0. The van der Waals surface area contributed by atoms with Crippen LogP contribution in [-0.4, -0.2) is 72.2 Å². The first-order chi connectivity index (χ1) is 9.60. The van der Waals surface area contributed by atoms with Gasteiger partial charge in [0.2, 0.25) is 0 Å². The average Bonchev–Trinajstić information content (AvgIpc) is 2.39. The minimum absolute atomic E-state index is 0.303. The molecule has 0 aliphatic heterocycles. The second-order valence-electron chi connectivity index (χ2n) is 4.24. The molecule has 0 saturated carbocycles. The molecule has 7 nitrogen and oxygen atoms in total. The summed E-state index contributed by atoms with van der Waals surface area (Å²) in [4.78, 5) is 11.4. The summed E-state index contributed by atoms with van der Waals surface area (Å²) >= 11 is 0. The summed E-state index contributed by atoms with van der Waals surface area (Å²) < 4.78 is 30.2. The van der Waals surface area contributed by atoms with E-state index in [9.17, 15) is 4.79 Å². The van der Waals surface area contributed by atoms with Gasteiger partial charge in [-0.05, 0) is 13.8 Å². The molecule has 0 rings (SSSR count). The van der Waals surface area contributed by atoms with E-state index in [1.54, 1.807) is 28.1 Å². The van der Waals surface area contributed by atoms with Crippen LogP contribution in [0.1, 0.15) is 13.8 Å². The second kappa shape index (κ2) is 13.1. The number of carbonyl (C=O) groups is 1. The van der Waals surface area contributed by atoms with Crippen LogP contribution in [0.4, 0.5) is 4.79 Å². The predicted molar refractivity (Wildman–Crippen MR) is 71.9 cm³/mol. The zero-order chi connectivity index (χ0) is 15.2. The molecule has 0 fully saturated rings. The van der Waals surface area contributed by atoms with Crippen molar-refractivity contribution in [2.75, 3.05) is 53.9 Å². The maximum atomic E-state index is 11.4. The maximum Gasteiger partial charge on any atom is 0.508 e. The minimum Gasteiger partial charge on any atom is -0.429 e. The highest BCUT2D eigenvalue weighted by atomic mass is 16.7. The molecule has 20 heavy (non-hydrogen) atoms. The van der Waals surface area contributed by atoms with Gasteiger partial charge in [0.05, 0.1) is 39.6 Å². The van der Waals surface area contributed by atoms with Gasteiger partial charge in [-0.3, -0.25) is 0 Å². The third-order valence-corrected chi connectivity index (χ3v) is 2.16. The van der Waals surface area contributed by atoms with E-state index in [2.05, 4.69) is 0 Å². The number of carbonyl (C=O) groups excluding carboxylic acids is 1. The van der Waals surface area contributed by atoms with Crippen LogP contribution in [0.5, 0.6) is 0 Å². The molecule has 0 spiro atoms. The van der Waals surface area contributed by atoms with E-state index in [1.165, 1.54) is 0 Å². The number of hydrogen-bond acceptors (Lipinski definition) is 7. The van der Waals surface area contributed by atoms with Crippen LogP contribution in [0, 0.1) is 0 Å². The number of hydrogen-bond donors (Lipinski definition) is 0. The Morgan fingerprint density at radius 1 is 0.800 bits per heavy atom. The molecule has 0 saturated heterocycles. The third-order valence-electron chi connectivity index (χ3n) is 2.16. The van der Waals surface area contributed by atoms with Gasteiger partial charge in [0.15, 0.2) is 0 Å². The van der Waals surface area contributed by atoms with Crippen molar-refractivity contribution in [3.05, 3.63) is 0 Å². The summed E-state index contributed by atoms with van der Waals surface area (Å²) in [6.07, 6.45) is -1.47. The van der Waals surface area contributed by atoms with E-state index in [0.717, 1.165) is 0 Å². The highest BCUT2D eigenvalue weighted by molar-refractivity contribution is 5.60. The molecule has 120 valence electrons. The first kappa shape index (κ1) is 19.1. The van der Waals surface area contributed by atoms with Crippen LogP contribution in [0.3, 0.4) is 0 Å². The Hall–Kier alpha value is -0.890. The first-order valence-electron chi connectivity index (χ1n) is 6.60. The fourth-order valence-corrected chi connectivity index (χ4v) is 1.21. The van der Waals surface area contributed by atoms with Crippen molar-refractivity contribution in [1.82, 2.24) is 0 Å². The van der Waals surface area contributed by atoms with E-state index in [1.807, 2.05) is 0 Å². The largest absolute Gasteiger partial charge is 0.508 e. The lowest BCUT2D eigenvalue weighted by atomic mass is 10.4. The van der Waals surface area contributed by atoms with Crippen molar-refractivity contribution >= 4 is 6.16 Å². The molecule has 2 unspecified atom stereocenters. The second-order valence-corrected chi connectivity index (χ2v) is 4.24. The SMILES string of the molecule is COCCOCC(C)OC(=O)OC(C)COCCOC. The highest BCUT2D eigenvalue weighted by Gasteiger charge is 2.14. The Morgan fingerprint density at radius 2 is 1.20 bits per heavy atom.